The minimum Gasteiger partial charge on any atom is -0.467 e. The summed E-state index contributed by atoms with van der Waals surface area (Å²) in [6.07, 6.45) is -3.46. The van der Waals surface area contributed by atoms with E-state index in [0.717, 1.165) is 18.6 Å². The Morgan fingerprint density at radius 3 is 2.39 bits per heavy atom. The van der Waals surface area contributed by atoms with Gasteiger partial charge in [0, 0.05) is 42.0 Å². The standard InChI is InChI=1S/C29H26F5N5O5/c1-13-22(26(41)39(3)28(43)36-13)18-8-7-15(17-6-5-9-35-24(17)18)10-21(27(42)44-4)38-25(40)23-19(30)11-16(12-20(23)31)37-14(2)29(32,33)34/h5-9,11-12,14,21,37H,10H2,1-4H3,(H,36,43)(H,38,40)/t14-,21+/m1/s1. The first-order valence-electron chi connectivity index (χ1n) is 13.0. The molecule has 4 aromatic rings. The van der Waals surface area contributed by atoms with Crippen molar-refractivity contribution in [3.8, 4) is 11.1 Å². The zero-order valence-electron chi connectivity index (χ0n) is 23.7. The summed E-state index contributed by atoms with van der Waals surface area (Å²) >= 11 is 0. The van der Waals surface area contributed by atoms with E-state index < -0.39 is 64.3 Å². The van der Waals surface area contributed by atoms with Gasteiger partial charge in [-0.2, -0.15) is 13.2 Å². The van der Waals surface area contributed by atoms with E-state index in [-0.39, 0.29) is 12.0 Å². The van der Waals surface area contributed by atoms with Gasteiger partial charge in [-0.05, 0) is 37.6 Å². The predicted octanol–water partition coefficient (Wildman–Crippen LogP) is 3.75. The van der Waals surface area contributed by atoms with Crippen LogP contribution < -0.4 is 21.9 Å². The van der Waals surface area contributed by atoms with E-state index in [0.29, 0.717) is 39.9 Å². The van der Waals surface area contributed by atoms with E-state index in [1.807, 2.05) is 5.32 Å². The maximum absolute atomic E-state index is 14.8. The molecule has 0 aliphatic carbocycles. The van der Waals surface area contributed by atoms with E-state index in [2.05, 4.69) is 15.3 Å². The monoisotopic (exact) mass is 619 g/mol. The molecule has 0 aliphatic rings. The number of H-pyrrole nitrogens is 1. The summed E-state index contributed by atoms with van der Waals surface area (Å²) in [6, 6.07) is 3.84. The number of benzene rings is 2. The molecule has 0 saturated heterocycles. The van der Waals surface area contributed by atoms with Crippen molar-refractivity contribution < 1.29 is 36.3 Å². The van der Waals surface area contributed by atoms with Gasteiger partial charge in [-0.3, -0.25) is 19.1 Å². The van der Waals surface area contributed by atoms with Crippen molar-refractivity contribution in [3.63, 3.8) is 0 Å². The summed E-state index contributed by atoms with van der Waals surface area (Å²) in [7, 11) is 2.36. The van der Waals surface area contributed by atoms with Gasteiger partial charge >= 0.3 is 17.8 Å². The molecule has 44 heavy (non-hydrogen) atoms. The number of aromatic amines is 1. The minimum atomic E-state index is -4.69. The van der Waals surface area contributed by atoms with Crippen molar-refractivity contribution in [2.24, 2.45) is 7.05 Å². The number of amides is 1. The maximum atomic E-state index is 14.8. The van der Waals surface area contributed by atoms with Crippen LogP contribution in [0.15, 0.2) is 52.2 Å². The lowest BCUT2D eigenvalue weighted by atomic mass is 9.95. The highest BCUT2D eigenvalue weighted by atomic mass is 19.4. The molecule has 0 fully saturated rings. The maximum Gasteiger partial charge on any atom is 0.408 e. The van der Waals surface area contributed by atoms with Gasteiger partial charge in [0.1, 0.15) is 29.3 Å². The van der Waals surface area contributed by atoms with Gasteiger partial charge < -0.3 is 20.4 Å². The van der Waals surface area contributed by atoms with E-state index in [1.165, 1.54) is 13.2 Å². The van der Waals surface area contributed by atoms with Crippen LogP contribution in [0.1, 0.15) is 28.5 Å². The third-order valence-electron chi connectivity index (χ3n) is 6.98. The number of hydrogen-bond donors (Lipinski definition) is 3. The Balaban J connectivity index is 1.69. The predicted molar refractivity (Wildman–Crippen MR) is 150 cm³/mol. The summed E-state index contributed by atoms with van der Waals surface area (Å²) in [6.45, 7) is 2.31. The summed E-state index contributed by atoms with van der Waals surface area (Å²) in [5, 5.41) is 4.62. The second-order valence-corrected chi connectivity index (χ2v) is 9.94. The van der Waals surface area contributed by atoms with Gasteiger partial charge in [-0.1, -0.05) is 18.2 Å². The fraction of sp³-hybridized carbons (Fsp3) is 0.276. The number of nitrogens with one attached hydrogen (secondary N) is 3. The molecule has 0 radical (unpaired) electrons. The third-order valence-corrected chi connectivity index (χ3v) is 6.98. The highest BCUT2D eigenvalue weighted by molar-refractivity contribution is 5.99. The molecular weight excluding hydrogens is 593 g/mol. The van der Waals surface area contributed by atoms with Crippen LogP contribution in [0.25, 0.3) is 22.0 Å². The van der Waals surface area contributed by atoms with Crippen molar-refractivity contribution in [2.45, 2.75) is 38.5 Å². The number of aryl methyl sites for hydroxylation is 1. The van der Waals surface area contributed by atoms with Crippen molar-refractivity contribution >= 4 is 28.5 Å². The van der Waals surface area contributed by atoms with Gasteiger partial charge in [0.15, 0.2) is 0 Å². The molecule has 2 aromatic carbocycles. The summed E-state index contributed by atoms with van der Waals surface area (Å²) < 4.78 is 73.9. The second kappa shape index (κ2) is 12.3. The molecule has 3 N–H and O–H groups in total. The number of methoxy groups -OCH3 is 1. The summed E-state index contributed by atoms with van der Waals surface area (Å²) in [5.41, 5.74) is -1.18. The van der Waals surface area contributed by atoms with Crippen molar-refractivity contribution in [3.05, 3.63) is 91.9 Å². The van der Waals surface area contributed by atoms with Crippen molar-refractivity contribution in [1.82, 2.24) is 19.9 Å². The van der Waals surface area contributed by atoms with Crippen LogP contribution in [0, 0.1) is 18.6 Å². The summed E-state index contributed by atoms with van der Waals surface area (Å²) in [4.78, 5) is 57.6. The molecule has 0 unspecified atom stereocenters. The van der Waals surface area contributed by atoms with Crippen molar-refractivity contribution in [1.29, 1.82) is 0 Å². The van der Waals surface area contributed by atoms with Gasteiger partial charge in [0.05, 0.1) is 18.2 Å². The molecule has 232 valence electrons. The van der Waals surface area contributed by atoms with Gasteiger partial charge in [-0.15, -0.1) is 0 Å². The van der Waals surface area contributed by atoms with E-state index in [1.54, 1.807) is 31.2 Å². The SMILES string of the molecule is COC(=O)[C@H](Cc1ccc(-c2c(C)[nH]c(=O)n(C)c2=O)c2ncccc12)NC(=O)c1c(F)cc(N[C@H](C)C(F)(F)F)cc1F. The van der Waals surface area contributed by atoms with E-state index in [4.69, 9.17) is 4.74 Å². The first-order valence-corrected chi connectivity index (χ1v) is 13.0. The van der Waals surface area contributed by atoms with E-state index in [9.17, 15) is 41.1 Å². The average Bonchev–Trinajstić information content (AvgIpc) is 2.95. The van der Waals surface area contributed by atoms with Gasteiger partial charge in [0.25, 0.3) is 11.5 Å². The average molecular weight is 620 g/mol. The van der Waals surface area contributed by atoms with Gasteiger partial charge in [-0.25, -0.2) is 18.4 Å². The number of esters is 1. The zero-order valence-corrected chi connectivity index (χ0v) is 23.7. The molecule has 2 heterocycles. The highest BCUT2D eigenvalue weighted by Crippen LogP contribution is 2.30. The topological polar surface area (TPSA) is 135 Å². The molecule has 4 rings (SSSR count). The number of rotatable bonds is 8. The zero-order chi connectivity index (χ0) is 32.5. The Morgan fingerprint density at radius 1 is 1.11 bits per heavy atom. The third kappa shape index (κ3) is 6.31. The number of nitrogens with zero attached hydrogens (tertiary/aromatic N) is 2. The largest absolute Gasteiger partial charge is 0.467 e. The molecule has 0 saturated carbocycles. The van der Waals surface area contributed by atoms with Crippen LogP contribution in [0.5, 0.6) is 0 Å². The van der Waals surface area contributed by atoms with Crippen LogP contribution in [-0.4, -0.2) is 51.8 Å². The van der Waals surface area contributed by atoms with Crippen LogP contribution in [0.2, 0.25) is 0 Å². The van der Waals surface area contributed by atoms with Crippen LogP contribution >= 0.6 is 0 Å². The molecule has 15 heteroatoms. The number of fused-ring (bicyclic) bond motifs is 1. The number of carbonyl (C=O) groups excluding carboxylic acids is 2. The Bertz CT molecular complexity index is 1860. The molecule has 0 spiro atoms. The van der Waals surface area contributed by atoms with Crippen molar-refractivity contribution in [2.75, 3.05) is 12.4 Å². The number of ether oxygens (including phenoxy) is 1. The Labute approximate surface area is 245 Å². The van der Waals surface area contributed by atoms with Crippen LogP contribution in [0.4, 0.5) is 27.6 Å². The number of aromatic nitrogens is 3. The normalized spacial score (nSPS) is 12.9. The molecule has 0 aliphatic heterocycles. The Hall–Kier alpha value is -5.08. The Morgan fingerprint density at radius 2 is 1.77 bits per heavy atom. The first-order chi connectivity index (χ1) is 20.6. The second-order valence-electron chi connectivity index (χ2n) is 9.94. The minimum absolute atomic E-state index is 0.189. The molecule has 2 aromatic heterocycles. The Kier molecular flexibility index (Phi) is 8.88. The number of alkyl halides is 3. The molecule has 1 amide bonds. The molecule has 10 nitrogen and oxygen atoms in total. The lowest BCUT2D eigenvalue weighted by Crippen LogP contribution is -2.43. The number of pyridine rings is 1. The lowest BCUT2D eigenvalue weighted by molar-refractivity contribution is -0.143. The lowest BCUT2D eigenvalue weighted by Gasteiger charge is -2.20. The molecule has 0 bridgehead atoms. The number of hydrogen-bond acceptors (Lipinski definition) is 7. The fourth-order valence-electron chi connectivity index (χ4n) is 4.65. The number of halogens is 5. The smallest absolute Gasteiger partial charge is 0.408 e. The number of anilines is 1. The van der Waals surface area contributed by atoms with Gasteiger partial charge in [0.2, 0.25) is 0 Å². The highest BCUT2D eigenvalue weighted by Gasteiger charge is 2.36. The quantitative estimate of drug-likeness (QED) is 0.202. The summed E-state index contributed by atoms with van der Waals surface area (Å²) in [5.74, 6) is -5.22. The van der Waals surface area contributed by atoms with Crippen LogP contribution in [0.3, 0.4) is 0 Å². The molecular formula is C29H26F5N5O5. The number of carbonyl (C=O) groups is 2. The van der Waals surface area contributed by atoms with E-state index >= 15 is 0 Å². The molecule has 2 atom stereocenters. The fourth-order valence-corrected chi connectivity index (χ4v) is 4.65. The van der Waals surface area contributed by atoms with Crippen LogP contribution in [-0.2, 0) is 23.0 Å². The first kappa shape index (κ1) is 31.8.